The van der Waals surface area contributed by atoms with E-state index in [1.165, 1.54) is 13.4 Å². The summed E-state index contributed by atoms with van der Waals surface area (Å²) in [5.74, 6) is 0.601. The summed E-state index contributed by atoms with van der Waals surface area (Å²) in [5, 5.41) is 0. The highest BCUT2D eigenvalue weighted by molar-refractivity contribution is 5.28. The van der Waals surface area contributed by atoms with Crippen molar-refractivity contribution in [3.8, 4) is 5.75 Å². The predicted molar refractivity (Wildman–Crippen MR) is 40.9 cm³/mol. The van der Waals surface area contributed by atoms with Crippen LogP contribution in [0.4, 0.5) is 0 Å². The standard InChI is InChI=1S/C8H10O3/c1-3-6-7(10-2)4-5-11-8(6)9/h4-5H,3H2,1-2H3. The summed E-state index contributed by atoms with van der Waals surface area (Å²) < 4.78 is 9.61. The molecule has 0 aliphatic carbocycles. The maximum Gasteiger partial charge on any atom is 0.342 e. The first-order chi connectivity index (χ1) is 5.29. The van der Waals surface area contributed by atoms with Crippen LogP contribution in [-0.4, -0.2) is 7.11 Å². The van der Waals surface area contributed by atoms with E-state index in [4.69, 9.17) is 4.74 Å². The summed E-state index contributed by atoms with van der Waals surface area (Å²) >= 11 is 0. The van der Waals surface area contributed by atoms with Gasteiger partial charge in [-0.05, 0) is 6.42 Å². The van der Waals surface area contributed by atoms with E-state index in [2.05, 4.69) is 4.42 Å². The average molecular weight is 154 g/mol. The van der Waals surface area contributed by atoms with E-state index >= 15 is 0 Å². The van der Waals surface area contributed by atoms with Crippen LogP contribution in [0.15, 0.2) is 21.5 Å². The molecular weight excluding hydrogens is 144 g/mol. The van der Waals surface area contributed by atoms with Gasteiger partial charge in [-0.25, -0.2) is 4.79 Å². The molecule has 0 aliphatic heterocycles. The number of methoxy groups -OCH3 is 1. The normalized spacial score (nSPS) is 9.64. The van der Waals surface area contributed by atoms with Crippen molar-refractivity contribution in [2.45, 2.75) is 13.3 Å². The Morgan fingerprint density at radius 3 is 2.82 bits per heavy atom. The van der Waals surface area contributed by atoms with E-state index in [1.807, 2.05) is 6.92 Å². The molecule has 0 bridgehead atoms. The molecule has 0 fully saturated rings. The minimum Gasteiger partial charge on any atom is -0.496 e. The molecular formula is C8H10O3. The zero-order chi connectivity index (χ0) is 8.27. The van der Waals surface area contributed by atoms with E-state index < -0.39 is 0 Å². The van der Waals surface area contributed by atoms with Gasteiger partial charge < -0.3 is 9.15 Å². The van der Waals surface area contributed by atoms with Crippen molar-refractivity contribution in [3.05, 3.63) is 28.3 Å². The third-order valence-electron chi connectivity index (χ3n) is 1.51. The fraction of sp³-hybridized carbons (Fsp3) is 0.375. The number of rotatable bonds is 2. The minimum atomic E-state index is -0.313. The Bertz CT molecular complexity index is 288. The van der Waals surface area contributed by atoms with E-state index in [9.17, 15) is 4.79 Å². The number of hydrogen-bond acceptors (Lipinski definition) is 3. The maximum absolute atomic E-state index is 11.0. The first-order valence-corrected chi connectivity index (χ1v) is 3.44. The summed E-state index contributed by atoms with van der Waals surface area (Å²) in [6.45, 7) is 1.88. The third kappa shape index (κ3) is 1.42. The Kier molecular flexibility index (Phi) is 2.31. The molecule has 1 aromatic rings. The van der Waals surface area contributed by atoms with Gasteiger partial charge in [-0.1, -0.05) is 6.92 Å². The van der Waals surface area contributed by atoms with Crippen LogP contribution in [-0.2, 0) is 6.42 Å². The van der Waals surface area contributed by atoms with Gasteiger partial charge in [0.2, 0.25) is 0 Å². The zero-order valence-electron chi connectivity index (χ0n) is 6.59. The van der Waals surface area contributed by atoms with Gasteiger partial charge in [0, 0.05) is 6.07 Å². The summed E-state index contributed by atoms with van der Waals surface area (Å²) in [4.78, 5) is 11.0. The molecule has 0 spiro atoms. The first-order valence-electron chi connectivity index (χ1n) is 3.44. The lowest BCUT2D eigenvalue weighted by Crippen LogP contribution is -2.07. The van der Waals surface area contributed by atoms with Crippen LogP contribution < -0.4 is 10.4 Å². The molecule has 0 amide bonds. The fourth-order valence-electron chi connectivity index (χ4n) is 0.940. The second-order valence-electron chi connectivity index (χ2n) is 2.11. The van der Waals surface area contributed by atoms with Crippen LogP contribution in [0.3, 0.4) is 0 Å². The Hall–Kier alpha value is -1.25. The summed E-state index contributed by atoms with van der Waals surface area (Å²) in [6.07, 6.45) is 1.96. The van der Waals surface area contributed by atoms with Crippen LogP contribution in [0.5, 0.6) is 5.75 Å². The SMILES string of the molecule is CCc1c(OC)ccoc1=O. The van der Waals surface area contributed by atoms with Crippen molar-refractivity contribution in [1.29, 1.82) is 0 Å². The predicted octanol–water partition coefficient (Wildman–Crippen LogP) is 1.21. The molecule has 0 aliphatic rings. The van der Waals surface area contributed by atoms with E-state index in [1.54, 1.807) is 6.07 Å². The van der Waals surface area contributed by atoms with Gasteiger partial charge >= 0.3 is 5.63 Å². The largest absolute Gasteiger partial charge is 0.496 e. The third-order valence-corrected chi connectivity index (χ3v) is 1.51. The van der Waals surface area contributed by atoms with Crippen LogP contribution in [0.1, 0.15) is 12.5 Å². The van der Waals surface area contributed by atoms with Crippen molar-refractivity contribution in [2.75, 3.05) is 7.11 Å². The lowest BCUT2D eigenvalue weighted by Gasteiger charge is -2.01. The molecule has 1 rings (SSSR count). The molecule has 0 unspecified atom stereocenters. The van der Waals surface area contributed by atoms with Crippen molar-refractivity contribution < 1.29 is 9.15 Å². The molecule has 3 nitrogen and oxygen atoms in total. The molecule has 60 valence electrons. The molecule has 11 heavy (non-hydrogen) atoms. The fourth-order valence-corrected chi connectivity index (χ4v) is 0.940. The quantitative estimate of drug-likeness (QED) is 0.642. The second-order valence-corrected chi connectivity index (χ2v) is 2.11. The van der Waals surface area contributed by atoms with Gasteiger partial charge in [-0.15, -0.1) is 0 Å². The van der Waals surface area contributed by atoms with Gasteiger partial charge in [-0.2, -0.15) is 0 Å². The Balaban J connectivity index is 3.24. The average Bonchev–Trinajstić information content (AvgIpc) is 2.04. The van der Waals surface area contributed by atoms with Crippen LogP contribution in [0, 0.1) is 0 Å². The van der Waals surface area contributed by atoms with Gasteiger partial charge in [0.05, 0.1) is 18.9 Å². The topological polar surface area (TPSA) is 39.4 Å². The van der Waals surface area contributed by atoms with E-state index in [0.717, 1.165) is 0 Å². The van der Waals surface area contributed by atoms with Crippen molar-refractivity contribution in [2.24, 2.45) is 0 Å². The van der Waals surface area contributed by atoms with Crippen molar-refractivity contribution in [1.82, 2.24) is 0 Å². The van der Waals surface area contributed by atoms with E-state index in [0.29, 0.717) is 17.7 Å². The van der Waals surface area contributed by atoms with Gasteiger partial charge in [-0.3, -0.25) is 0 Å². The molecule has 0 atom stereocenters. The highest BCUT2D eigenvalue weighted by Crippen LogP contribution is 2.12. The minimum absolute atomic E-state index is 0.313. The smallest absolute Gasteiger partial charge is 0.342 e. The molecule has 1 heterocycles. The lowest BCUT2D eigenvalue weighted by molar-refractivity contribution is 0.394. The highest BCUT2D eigenvalue weighted by atomic mass is 16.5. The van der Waals surface area contributed by atoms with Gasteiger partial charge in [0.15, 0.2) is 0 Å². The zero-order valence-corrected chi connectivity index (χ0v) is 6.59. The lowest BCUT2D eigenvalue weighted by atomic mass is 10.2. The Morgan fingerprint density at radius 2 is 2.36 bits per heavy atom. The van der Waals surface area contributed by atoms with Crippen molar-refractivity contribution >= 4 is 0 Å². The summed E-state index contributed by atoms with van der Waals surface area (Å²) in [5.41, 5.74) is 0.279. The van der Waals surface area contributed by atoms with Crippen LogP contribution in [0.2, 0.25) is 0 Å². The summed E-state index contributed by atoms with van der Waals surface area (Å²) in [7, 11) is 1.54. The number of hydrogen-bond donors (Lipinski definition) is 0. The van der Waals surface area contributed by atoms with Crippen LogP contribution in [0.25, 0.3) is 0 Å². The van der Waals surface area contributed by atoms with Gasteiger partial charge in [0.25, 0.3) is 0 Å². The molecule has 0 radical (unpaired) electrons. The molecule has 0 saturated heterocycles. The van der Waals surface area contributed by atoms with Crippen molar-refractivity contribution in [3.63, 3.8) is 0 Å². The Labute approximate surface area is 64.6 Å². The molecule has 1 aromatic heterocycles. The maximum atomic E-state index is 11.0. The van der Waals surface area contributed by atoms with Gasteiger partial charge in [0.1, 0.15) is 5.75 Å². The molecule has 3 heteroatoms. The second kappa shape index (κ2) is 3.23. The van der Waals surface area contributed by atoms with Crippen LogP contribution >= 0.6 is 0 Å². The monoisotopic (exact) mass is 154 g/mol. The summed E-state index contributed by atoms with van der Waals surface area (Å²) in [6, 6.07) is 1.64. The van der Waals surface area contributed by atoms with E-state index in [-0.39, 0.29) is 5.63 Å². The first kappa shape index (κ1) is 7.85. The Morgan fingerprint density at radius 1 is 1.64 bits per heavy atom. The molecule has 0 aromatic carbocycles. The highest BCUT2D eigenvalue weighted by Gasteiger charge is 2.04. The molecule has 0 N–H and O–H groups in total. The molecule has 0 saturated carbocycles. The number of ether oxygens (including phenoxy) is 1.